The van der Waals surface area contributed by atoms with E-state index in [1.165, 1.54) is 0 Å². The number of anilines is 1. The number of halogens is 2. The second-order valence-electron chi connectivity index (χ2n) is 3.86. The molecule has 1 aromatic carbocycles. The maximum Gasteiger partial charge on any atom is 0.278 e. The standard InChI is InChI=1S/C11H7BrIN5O/c12-4-1-2-6(13)5(3-4)8-15-7-9(16-8)17-11(14)18-10(7)19/h1-3H,(H4,14,15,16,17,18,19). The molecule has 2 heterocycles. The van der Waals surface area contributed by atoms with E-state index in [-0.39, 0.29) is 11.5 Å². The Bertz CT molecular complexity index is 841. The molecule has 4 N–H and O–H groups in total. The molecule has 0 bridgehead atoms. The van der Waals surface area contributed by atoms with Crippen molar-refractivity contribution in [2.75, 3.05) is 5.73 Å². The number of fused-ring (bicyclic) bond motifs is 1. The molecule has 6 nitrogen and oxygen atoms in total. The lowest BCUT2D eigenvalue weighted by Gasteiger charge is -2.00. The summed E-state index contributed by atoms with van der Waals surface area (Å²) in [5.41, 5.74) is 6.70. The normalized spacial score (nSPS) is 11.1. The molecule has 0 fully saturated rings. The average Bonchev–Trinajstić information content (AvgIpc) is 2.76. The van der Waals surface area contributed by atoms with Gasteiger partial charge in [0.05, 0.1) is 0 Å². The number of nitrogens with zero attached hydrogens (tertiary/aromatic N) is 2. The van der Waals surface area contributed by atoms with Gasteiger partial charge in [0, 0.05) is 13.6 Å². The summed E-state index contributed by atoms with van der Waals surface area (Å²) in [6.07, 6.45) is 0. The number of aromatic nitrogens is 4. The highest BCUT2D eigenvalue weighted by molar-refractivity contribution is 14.1. The van der Waals surface area contributed by atoms with Gasteiger partial charge in [0.15, 0.2) is 11.2 Å². The maximum absolute atomic E-state index is 11.7. The molecule has 0 saturated carbocycles. The van der Waals surface area contributed by atoms with Crippen LogP contribution in [-0.4, -0.2) is 19.9 Å². The summed E-state index contributed by atoms with van der Waals surface area (Å²) in [6, 6.07) is 5.83. The number of benzene rings is 1. The number of H-pyrrole nitrogens is 2. The minimum Gasteiger partial charge on any atom is -0.369 e. The molecule has 19 heavy (non-hydrogen) atoms. The summed E-state index contributed by atoms with van der Waals surface area (Å²) >= 11 is 5.62. The van der Waals surface area contributed by atoms with Gasteiger partial charge in [-0.05, 0) is 40.8 Å². The molecule has 2 aromatic heterocycles. The average molecular weight is 432 g/mol. The predicted molar refractivity (Wildman–Crippen MR) is 84.8 cm³/mol. The quantitative estimate of drug-likeness (QED) is 0.514. The highest BCUT2D eigenvalue weighted by Crippen LogP contribution is 2.27. The van der Waals surface area contributed by atoms with Gasteiger partial charge in [-0.2, -0.15) is 4.98 Å². The minimum absolute atomic E-state index is 0.0551. The van der Waals surface area contributed by atoms with Crippen LogP contribution in [0.2, 0.25) is 0 Å². The number of nitrogens with one attached hydrogen (secondary N) is 2. The van der Waals surface area contributed by atoms with Crippen molar-refractivity contribution in [3.05, 3.63) is 36.6 Å². The van der Waals surface area contributed by atoms with Crippen LogP contribution in [0.25, 0.3) is 22.6 Å². The van der Waals surface area contributed by atoms with Crippen LogP contribution in [0.4, 0.5) is 5.95 Å². The minimum atomic E-state index is -0.328. The van der Waals surface area contributed by atoms with E-state index in [2.05, 4.69) is 58.5 Å². The van der Waals surface area contributed by atoms with Gasteiger partial charge in [-0.1, -0.05) is 15.9 Å². The van der Waals surface area contributed by atoms with Gasteiger partial charge < -0.3 is 10.7 Å². The van der Waals surface area contributed by atoms with E-state index < -0.39 is 0 Å². The fourth-order valence-electron chi connectivity index (χ4n) is 1.73. The van der Waals surface area contributed by atoms with Crippen molar-refractivity contribution in [2.45, 2.75) is 0 Å². The predicted octanol–water partition coefficient (Wildman–Crippen LogP) is 2.26. The van der Waals surface area contributed by atoms with Crippen molar-refractivity contribution in [1.29, 1.82) is 0 Å². The zero-order valence-corrected chi connectivity index (χ0v) is 13.1. The number of nitrogen functional groups attached to an aromatic ring is 1. The third-order valence-corrected chi connectivity index (χ3v) is 4.00. The van der Waals surface area contributed by atoms with Gasteiger partial charge in [-0.25, -0.2) is 4.98 Å². The molecule has 0 radical (unpaired) electrons. The topological polar surface area (TPSA) is 100 Å². The zero-order valence-electron chi connectivity index (χ0n) is 9.37. The first-order valence-corrected chi connectivity index (χ1v) is 7.12. The van der Waals surface area contributed by atoms with Gasteiger partial charge in [0.1, 0.15) is 5.82 Å². The van der Waals surface area contributed by atoms with E-state index >= 15 is 0 Å². The van der Waals surface area contributed by atoms with E-state index in [9.17, 15) is 4.79 Å². The van der Waals surface area contributed by atoms with Crippen molar-refractivity contribution in [3.63, 3.8) is 0 Å². The maximum atomic E-state index is 11.7. The summed E-state index contributed by atoms with van der Waals surface area (Å²) in [5, 5.41) is 0. The summed E-state index contributed by atoms with van der Waals surface area (Å²) < 4.78 is 1.95. The van der Waals surface area contributed by atoms with E-state index in [1.807, 2.05) is 18.2 Å². The van der Waals surface area contributed by atoms with Gasteiger partial charge in [0.25, 0.3) is 5.56 Å². The Balaban J connectivity index is 2.29. The van der Waals surface area contributed by atoms with Crippen molar-refractivity contribution in [1.82, 2.24) is 19.9 Å². The SMILES string of the molecule is Nc1nc2nc(-c3cc(Br)ccc3I)[nH]c2c(=O)[nH]1. The van der Waals surface area contributed by atoms with Crippen LogP contribution in [0.1, 0.15) is 0 Å². The first-order valence-electron chi connectivity index (χ1n) is 5.25. The Kier molecular flexibility index (Phi) is 3.05. The molecule has 0 aliphatic rings. The van der Waals surface area contributed by atoms with Gasteiger partial charge in [0.2, 0.25) is 5.95 Å². The second kappa shape index (κ2) is 4.60. The summed E-state index contributed by atoms with van der Waals surface area (Å²) in [5.74, 6) is 0.642. The Morgan fingerprint density at radius 1 is 1.26 bits per heavy atom. The summed E-state index contributed by atoms with van der Waals surface area (Å²) in [6.45, 7) is 0. The Labute approximate surface area is 129 Å². The molecule has 96 valence electrons. The number of aromatic amines is 2. The fourth-order valence-corrected chi connectivity index (χ4v) is 2.68. The monoisotopic (exact) mass is 431 g/mol. The summed E-state index contributed by atoms with van der Waals surface area (Å²) in [7, 11) is 0. The van der Waals surface area contributed by atoms with Crippen LogP contribution in [0, 0.1) is 3.57 Å². The lowest BCUT2D eigenvalue weighted by molar-refractivity contribution is 1.17. The molecule has 0 amide bonds. The second-order valence-corrected chi connectivity index (χ2v) is 5.94. The number of nitrogens with two attached hydrogens (primary N) is 1. The van der Waals surface area contributed by atoms with E-state index in [4.69, 9.17) is 5.73 Å². The van der Waals surface area contributed by atoms with Crippen LogP contribution in [0.3, 0.4) is 0 Å². The smallest absolute Gasteiger partial charge is 0.278 e. The van der Waals surface area contributed by atoms with E-state index in [0.717, 1.165) is 13.6 Å². The molecule has 8 heteroatoms. The molecular formula is C11H7BrIN5O. The first kappa shape index (κ1) is 12.6. The van der Waals surface area contributed by atoms with Crippen molar-refractivity contribution in [2.24, 2.45) is 0 Å². The van der Waals surface area contributed by atoms with Crippen LogP contribution in [0.15, 0.2) is 27.5 Å². The lowest BCUT2D eigenvalue weighted by atomic mass is 10.2. The first-order chi connectivity index (χ1) is 9.04. The molecule has 0 saturated heterocycles. The highest BCUT2D eigenvalue weighted by Gasteiger charge is 2.12. The zero-order chi connectivity index (χ0) is 13.6. The Hall–Kier alpha value is -1.42. The molecular weight excluding hydrogens is 425 g/mol. The number of rotatable bonds is 1. The third-order valence-electron chi connectivity index (χ3n) is 2.56. The van der Waals surface area contributed by atoms with Crippen LogP contribution in [-0.2, 0) is 0 Å². The van der Waals surface area contributed by atoms with Crippen molar-refractivity contribution < 1.29 is 0 Å². The lowest BCUT2D eigenvalue weighted by Crippen LogP contribution is -2.10. The van der Waals surface area contributed by atoms with Crippen LogP contribution < -0.4 is 11.3 Å². The highest BCUT2D eigenvalue weighted by atomic mass is 127. The fraction of sp³-hybridized carbons (Fsp3) is 0. The molecule has 0 unspecified atom stereocenters. The largest absolute Gasteiger partial charge is 0.369 e. The van der Waals surface area contributed by atoms with Crippen molar-refractivity contribution >= 4 is 55.6 Å². The molecule has 0 spiro atoms. The molecule has 3 aromatic rings. The van der Waals surface area contributed by atoms with E-state index in [1.54, 1.807) is 0 Å². The molecule has 0 atom stereocenters. The Morgan fingerprint density at radius 3 is 2.84 bits per heavy atom. The van der Waals surface area contributed by atoms with Crippen LogP contribution >= 0.6 is 38.5 Å². The van der Waals surface area contributed by atoms with E-state index in [0.29, 0.717) is 17.0 Å². The summed E-state index contributed by atoms with van der Waals surface area (Å²) in [4.78, 5) is 25.5. The van der Waals surface area contributed by atoms with Gasteiger partial charge >= 0.3 is 0 Å². The number of hydrogen-bond donors (Lipinski definition) is 3. The van der Waals surface area contributed by atoms with Crippen LogP contribution in [0.5, 0.6) is 0 Å². The third kappa shape index (κ3) is 2.25. The molecule has 3 rings (SSSR count). The van der Waals surface area contributed by atoms with Gasteiger partial charge in [-0.3, -0.25) is 9.78 Å². The van der Waals surface area contributed by atoms with Crippen molar-refractivity contribution in [3.8, 4) is 11.4 Å². The number of imidazole rings is 1. The Morgan fingerprint density at radius 2 is 2.05 bits per heavy atom. The number of hydrogen-bond acceptors (Lipinski definition) is 4. The molecule has 0 aliphatic carbocycles. The van der Waals surface area contributed by atoms with Gasteiger partial charge in [-0.15, -0.1) is 0 Å². The molecule has 0 aliphatic heterocycles.